The number of ether oxygens (including phenoxy) is 1. The Bertz CT molecular complexity index is 954. The molecule has 5 nitrogen and oxygen atoms in total. The molecule has 0 aliphatic carbocycles. The molecule has 1 N–H and O–H groups in total. The molecule has 120 valence electrons. The van der Waals surface area contributed by atoms with Crippen LogP contribution >= 0.6 is 23.1 Å². The lowest BCUT2D eigenvalue weighted by molar-refractivity contribution is 0.331. The van der Waals surface area contributed by atoms with Crippen LogP contribution in [0.25, 0.3) is 10.1 Å². The molecule has 0 fully saturated rings. The van der Waals surface area contributed by atoms with E-state index < -0.39 is 10.0 Å². The number of hydrogen-bond acceptors (Lipinski definition) is 5. The molecular formula is C15H13ClN2O3S2. The normalized spacial score (nSPS) is 11.6. The zero-order valence-corrected chi connectivity index (χ0v) is 14.5. The van der Waals surface area contributed by atoms with Crippen LogP contribution in [0.5, 0.6) is 5.75 Å². The van der Waals surface area contributed by atoms with Gasteiger partial charge in [-0.2, -0.15) is 4.37 Å². The summed E-state index contributed by atoms with van der Waals surface area (Å²) in [6.45, 7) is 2.15. The van der Waals surface area contributed by atoms with Crippen molar-refractivity contribution < 1.29 is 13.2 Å². The second-order valence-corrected chi connectivity index (χ2v) is 7.63. The summed E-state index contributed by atoms with van der Waals surface area (Å²) in [5.74, 6) is 0.266. The highest BCUT2D eigenvalue weighted by atomic mass is 35.5. The van der Waals surface area contributed by atoms with Gasteiger partial charge in [0.25, 0.3) is 10.0 Å². The van der Waals surface area contributed by atoms with Crippen LogP contribution in [-0.2, 0) is 10.0 Å². The fourth-order valence-electron chi connectivity index (χ4n) is 2.11. The van der Waals surface area contributed by atoms with Gasteiger partial charge in [-0.1, -0.05) is 11.6 Å². The first-order chi connectivity index (χ1) is 11.0. The van der Waals surface area contributed by atoms with Crippen LogP contribution in [0, 0.1) is 0 Å². The fourth-order valence-corrected chi connectivity index (χ4v) is 4.20. The van der Waals surface area contributed by atoms with Gasteiger partial charge in [0.05, 0.1) is 11.3 Å². The summed E-state index contributed by atoms with van der Waals surface area (Å²) >= 11 is 7.29. The number of rotatable bonds is 5. The average molecular weight is 369 g/mol. The van der Waals surface area contributed by atoms with E-state index >= 15 is 0 Å². The van der Waals surface area contributed by atoms with Crippen molar-refractivity contribution in [2.75, 3.05) is 11.3 Å². The molecule has 0 radical (unpaired) electrons. The molecule has 0 bridgehead atoms. The fraction of sp³-hybridized carbons (Fsp3) is 0.133. The van der Waals surface area contributed by atoms with Crippen molar-refractivity contribution in [3.05, 3.63) is 47.6 Å². The van der Waals surface area contributed by atoms with E-state index in [2.05, 4.69) is 9.10 Å². The third kappa shape index (κ3) is 3.41. The van der Waals surface area contributed by atoms with Crippen molar-refractivity contribution in [1.82, 2.24) is 4.37 Å². The first-order valence-corrected chi connectivity index (χ1v) is 9.42. The van der Waals surface area contributed by atoms with Gasteiger partial charge in [0.2, 0.25) is 0 Å². The summed E-state index contributed by atoms with van der Waals surface area (Å²) in [5, 5.41) is 1.21. The minimum Gasteiger partial charge on any atom is -0.492 e. The standard InChI is InChI=1S/C15H13ClN2O3S2/c1-2-21-13-5-3-11(16)8-15(13)23(19,20)18-12-4-6-14-10(7-12)9-17-22-14/h3-9,18H,2H2,1H3. The molecule has 0 aliphatic heterocycles. The van der Waals surface area contributed by atoms with Crippen LogP contribution in [0.15, 0.2) is 47.5 Å². The van der Waals surface area contributed by atoms with Gasteiger partial charge in [-0.05, 0) is 54.9 Å². The van der Waals surface area contributed by atoms with Gasteiger partial charge in [0, 0.05) is 22.3 Å². The van der Waals surface area contributed by atoms with Crippen molar-refractivity contribution in [3.63, 3.8) is 0 Å². The topological polar surface area (TPSA) is 68.3 Å². The predicted molar refractivity (Wildman–Crippen MR) is 93.0 cm³/mol. The maximum atomic E-state index is 12.7. The zero-order chi connectivity index (χ0) is 16.4. The molecule has 0 unspecified atom stereocenters. The highest BCUT2D eigenvalue weighted by molar-refractivity contribution is 7.92. The van der Waals surface area contributed by atoms with Crippen LogP contribution in [0.4, 0.5) is 5.69 Å². The molecule has 8 heteroatoms. The summed E-state index contributed by atoms with van der Waals surface area (Å²) < 4.78 is 38.3. The van der Waals surface area contributed by atoms with Gasteiger partial charge in [-0.3, -0.25) is 4.72 Å². The van der Waals surface area contributed by atoms with E-state index in [4.69, 9.17) is 16.3 Å². The Hall–Kier alpha value is -1.83. The summed E-state index contributed by atoms with van der Waals surface area (Å²) in [6, 6.07) is 9.77. The predicted octanol–water partition coefficient (Wildman–Crippen LogP) is 4.15. The Morgan fingerprint density at radius 1 is 1.26 bits per heavy atom. The van der Waals surface area contributed by atoms with Crippen molar-refractivity contribution in [3.8, 4) is 5.75 Å². The van der Waals surface area contributed by atoms with Gasteiger partial charge >= 0.3 is 0 Å². The highest BCUT2D eigenvalue weighted by Crippen LogP contribution is 2.30. The molecule has 2 aromatic carbocycles. The lowest BCUT2D eigenvalue weighted by Crippen LogP contribution is -2.14. The van der Waals surface area contributed by atoms with Crippen LogP contribution in [0.1, 0.15) is 6.92 Å². The lowest BCUT2D eigenvalue weighted by Gasteiger charge is -2.13. The Morgan fingerprint density at radius 3 is 2.87 bits per heavy atom. The smallest absolute Gasteiger partial charge is 0.265 e. The van der Waals surface area contributed by atoms with E-state index in [1.807, 2.05) is 6.07 Å². The van der Waals surface area contributed by atoms with E-state index in [0.717, 1.165) is 10.1 Å². The Balaban J connectivity index is 1.99. The molecule has 0 atom stereocenters. The third-order valence-electron chi connectivity index (χ3n) is 3.10. The van der Waals surface area contributed by atoms with Gasteiger partial charge in [0.15, 0.2) is 0 Å². The number of fused-ring (bicyclic) bond motifs is 1. The summed E-state index contributed by atoms with van der Waals surface area (Å²) in [5.41, 5.74) is 0.458. The van der Waals surface area contributed by atoms with Gasteiger partial charge < -0.3 is 4.74 Å². The molecule has 23 heavy (non-hydrogen) atoms. The molecule has 0 spiro atoms. The van der Waals surface area contributed by atoms with Crippen molar-refractivity contribution in [1.29, 1.82) is 0 Å². The monoisotopic (exact) mass is 368 g/mol. The average Bonchev–Trinajstić information content (AvgIpc) is 2.96. The van der Waals surface area contributed by atoms with E-state index in [9.17, 15) is 8.42 Å². The maximum absolute atomic E-state index is 12.7. The van der Waals surface area contributed by atoms with Crippen molar-refractivity contribution in [2.45, 2.75) is 11.8 Å². The third-order valence-corrected chi connectivity index (χ3v) is 5.52. The molecule has 1 aromatic heterocycles. The molecule has 3 rings (SSSR count). The quantitative estimate of drug-likeness (QED) is 0.734. The number of hydrogen-bond donors (Lipinski definition) is 1. The molecule has 0 saturated carbocycles. The molecule has 0 saturated heterocycles. The van der Waals surface area contributed by atoms with Crippen LogP contribution in [0.2, 0.25) is 5.02 Å². The Labute approximate surface area is 143 Å². The SMILES string of the molecule is CCOc1ccc(Cl)cc1S(=O)(=O)Nc1ccc2sncc2c1. The van der Waals surface area contributed by atoms with E-state index in [-0.39, 0.29) is 10.6 Å². The Kier molecular flexibility index (Phi) is 4.43. The van der Waals surface area contributed by atoms with Crippen molar-refractivity contribution in [2.24, 2.45) is 0 Å². The first-order valence-electron chi connectivity index (χ1n) is 6.79. The van der Waals surface area contributed by atoms with E-state index in [1.54, 1.807) is 37.4 Å². The number of sulfonamides is 1. The van der Waals surface area contributed by atoms with E-state index in [1.165, 1.54) is 17.6 Å². The van der Waals surface area contributed by atoms with Gasteiger partial charge in [-0.15, -0.1) is 0 Å². The summed E-state index contributed by atoms with van der Waals surface area (Å²) in [4.78, 5) is 0.00962. The number of halogens is 1. The largest absolute Gasteiger partial charge is 0.492 e. The number of benzene rings is 2. The van der Waals surface area contributed by atoms with Crippen LogP contribution < -0.4 is 9.46 Å². The zero-order valence-electron chi connectivity index (χ0n) is 12.1. The second kappa shape index (κ2) is 6.35. The number of nitrogens with zero attached hydrogens (tertiary/aromatic N) is 1. The number of aromatic nitrogens is 1. The first kappa shape index (κ1) is 16.0. The second-order valence-electron chi connectivity index (χ2n) is 4.71. The number of nitrogens with one attached hydrogen (secondary N) is 1. The summed E-state index contributed by atoms with van der Waals surface area (Å²) in [6.07, 6.45) is 1.70. The minimum absolute atomic E-state index is 0.00962. The lowest BCUT2D eigenvalue weighted by atomic mass is 10.2. The van der Waals surface area contributed by atoms with Crippen molar-refractivity contribution >= 4 is 48.9 Å². The van der Waals surface area contributed by atoms with Gasteiger partial charge in [-0.25, -0.2) is 8.42 Å². The van der Waals surface area contributed by atoms with Crippen LogP contribution in [0.3, 0.4) is 0 Å². The molecule has 3 aromatic rings. The molecular weight excluding hydrogens is 356 g/mol. The summed E-state index contributed by atoms with van der Waals surface area (Å²) in [7, 11) is -3.82. The molecule has 0 amide bonds. The molecule has 0 aliphatic rings. The highest BCUT2D eigenvalue weighted by Gasteiger charge is 2.20. The van der Waals surface area contributed by atoms with E-state index in [0.29, 0.717) is 17.3 Å². The Morgan fingerprint density at radius 2 is 2.09 bits per heavy atom. The number of anilines is 1. The maximum Gasteiger partial charge on any atom is 0.265 e. The van der Waals surface area contributed by atoms with Gasteiger partial charge in [0.1, 0.15) is 10.6 Å². The van der Waals surface area contributed by atoms with Crippen LogP contribution in [-0.4, -0.2) is 19.4 Å². The minimum atomic E-state index is -3.82. The molecule has 1 heterocycles.